The number of aryl methyl sites for hydroxylation is 2. The second-order valence-electron chi connectivity index (χ2n) is 5.39. The zero-order chi connectivity index (χ0) is 18.4. The van der Waals surface area contributed by atoms with Gasteiger partial charge < -0.3 is 14.8 Å². The van der Waals surface area contributed by atoms with E-state index in [0.29, 0.717) is 11.3 Å². The van der Waals surface area contributed by atoms with Crippen LogP contribution in [-0.2, 0) is 0 Å². The number of carbonyl (C=O) groups excluding carboxylic acids is 1. The van der Waals surface area contributed by atoms with E-state index in [1.807, 2.05) is 32.0 Å². The highest BCUT2D eigenvalue weighted by Gasteiger charge is 2.30. The number of ether oxygens (including phenoxy) is 2. The summed E-state index contributed by atoms with van der Waals surface area (Å²) in [6.45, 7) is 4.19. The normalized spacial score (nSPS) is 11.1. The van der Waals surface area contributed by atoms with Crippen LogP contribution in [0.4, 0.5) is 13.2 Å². The van der Waals surface area contributed by atoms with E-state index in [0.717, 1.165) is 23.3 Å². The number of halogens is 3. The Balaban J connectivity index is 1.80. The maximum atomic E-state index is 12.2. The molecule has 7 heteroatoms. The van der Waals surface area contributed by atoms with Gasteiger partial charge in [0.1, 0.15) is 18.1 Å². The van der Waals surface area contributed by atoms with Gasteiger partial charge in [0.05, 0.1) is 6.54 Å². The van der Waals surface area contributed by atoms with E-state index in [2.05, 4.69) is 10.1 Å². The Kier molecular flexibility index (Phi) is 5.90. The zero-order valence-corrected chi connectivity index (χ0v) is 13.8. The van der Waals surface area contributed by atoms with Crippen LogP contribution in [0.25, 0.3) is 0 Å². The molecule has 2 aromatic rings. The fourth-order valence-electron chi connectivity index (χ4n) is 2.33. The molecular weight excluding hydrogens is 335 g/mol. The van der Waals surface area contributed by atoms with Gasteiger partial charge in [0.2, 0.25) is 0 Å². The summed E-state index contributed by atoms with van der Waals surface area (Å²) in [6, 6.07) is 10.7. The van der Waals surface area contributed by atoms with Crippen LogP contribution < -0.4 is 14.8 Å². The summed E-state index contributed by atoms with van der Waals surface area (Å²) in [5.74, 6) is -0.118. The first-order valence-electron chi connectivity index (χ1n) is 7.59. The quantitative estimate of drug-likeness (QED) is 0.798. The van der Waals surface area contributed by atoms with Gasteiger partial charge in [-0.25, -0.2) is 0 Å². The Labute approximate surface area is 143 Å². The Hall–Kier alpha value is -2.70. The molecule has 1 amide bonds. The third-order valence-corrected chi connectivity index (χ3v) is 3.42. The number of nitrogens with one attached hydrogen (secondary N) is 1. The molecule has 0 atom stereocenters. The zero-order valence-electron chi connectivity index (χ0n) is 13.8. The number of benzene rings is 2. The Bertz CT molecular complexity index is 707. The van der Waals surface area contributed by atoms with Crippen molar-refractivity contribution in [2.75, 3.05) is 13.2 Å². The fraction of sp³-hybridized carbons (Fsp3) is 0.278. The lowest BCUT2D eigenvalue weighted by Gasteiger charge is -2.12. The molecule has 4 nitrogen and oxygen atoms in total. The molecule has 0 saturated carbocycles. The van der Waals surface area contributed by atoms with E-state index in [-0.39, 0.29) is 24.8 Å². The molecule has 2 rings (SSSR count). The van der Waals surface area contributed by atoms with Crippen LogP contribution in [0.3, 0.4) is 0 Å². The summed E-state index contributed by atoms with van der Waals surface area (Å²) in [4.78, 5) is 12.2. The molecule has 0 bridgehead atoms. The highest BCUT2D eigenvalue weighted by atomic mass is 19.4. The second-order valence-corrected chi connectivity index (χ2v) is 5.39. The summed E-state index contributed by atoms with van der Waals surface area (Å²) >= 11 is 0. The van der Waals surface area contributed by atoms with Gasteiger partial charge in [0.15, 0.2) is 0 Å². The molecular formula is C18H18F3NO3. The first-order valence-corrected chi connectivity index (χ1v) is 7.59. The average molecular weight is 353 g/mol. The number of hydrogen-bond donors (Lipinski definition) is 1. The smallest absolute Gasteiger partial charge is 0.492 e. The third-order valence-electron chi connectivity index (χ3n) is 3.42. The lowest BCUT2D eigenvalue weighted by Crippen LogP contribution is -2.29. The lowest BCUT2D eigenvalue weighted by atomic mass is 10.0. The van der Waals surface area contributed by atoms with E-state index >= 15 is 0 Å². The molecule has 0 aliphatic rings. The van der Waals surface area contributed by atoms with Gasteiger partial charge in [-0.1, -0.05) is 18.2 Å². The largest absolute Gasteiger partial charge is 0.573 e. The molecule has 0 spiro atoms. The van der Waals surface area contributed by atoms with E-state index in [1.54, 1.807) is 0 Å². The SMILES string of the molecule is Cc1cccc(C)c1C(=O)NCCOc1ccc(OC(F)(F)F)cc1. The molecule has 0 aromatic heterocycles. The van der Waals surface area contributed by atoms with Crippen LogP contribution in [0.15, 0.2) is 42.5 Å². The molecule has 25 heavy (non-hydrogen) atoms. The van der Waals surface area contributed by atoms with E-state index in [1.165, 1.54) is 12.1 Å². The highest BCUT2D eigenvalue weighted by molar-refractivity contribution is 5.97. The Morgan fingerprint density at radius 2 is 1.56 bits per heavy atom. The minimum atomic E-state index is -4.72. The first kappa shape index (κ1) is 18.6. The average Bonchev–Trinajstić information content (AvgIpc) is 2.51. The van der Waals surface area contributed by atoms with Crippen molar-refractivity contribution < 1.29 is 27.4 Å². The van der Waals surface area contributed by atoms with Crippen molar-refractivity contribution in [3.63, 3.8) is 0 Å². The van der Waals surface area contributed by atoms with Crippen LogP contribution >= 0.6 is 0 Å². The van der Waals surface area contributed by atoms with E-state index in [4.69, 9.17) is 4.74 Å². The fourth-order valence-corrected chi connectivity index (χ4v) is 2.33. The van der Waals surface area contributed by atoms with Crippen LogP contribution in [-0.4, -0.2) is 25.4 Å². The number of hydrogen-bond acceptors (Lipinski definition) is 3. The highest BCUT2D eigenvalue weighted by Crippen LogP contribution is 2.24. The number of amides is 1. The molecule has 0 aliphatic heterocycles. The van der Waals surface area contributed by atoms with Crippen molar-refractivity contribution in [2.45, 2.75) is 20.2 Å². The van der Waals surface area contributed by atoms with Crippen LogP contribution in [0, 0.1) is 13.8 Å². The van der Waals surface area contributed by atoms with Crippen LogP contribution in [0.5, 0.6) is 11.5 Å². The summed E-state index contributed by atoms with van der Waals surface area (Å²) in [5.41, 5.74) is 2.41. The topological polar surface area (TPSA) is 47.6 Å². The van der Waals surface area contributed by atoms with Gasteiger partial charge in [-0.2, -0.15) is 0 Å². The number of alkyl halides is 3. The van der Waals surface area contributed by atoms with Crippen LogP contribution in [0.2, 0.25) is 0 Å². The van der Waals surface area contributed by atoms with Crippen molar-refractivity contribution in [2.24, 2.45) is 0 Å². The van der Waals surface area contributed by atoms with E-state index < -0.39 is 6.36 Å². The van der Waals surface area contributed by atoms with Gasteiger partial charge in [-0.05, 0) is 49.2 Å². The van der Waals surface area contributed by atoms with Crippen molar-refractivity contribution >= 4 is 5.91 Å². The minimum absolute atomic E-state index is 0.187. The molecule has 134 valence electrons. The van der Waals surface area contributed by atoms with Crippen molar-refractivity contribution in [1.29, 1.82) is 0 Å². The minimum Gasteiger partial charge on any atom is -0.492 e. The monoisotopic (exact) mass is 353 g/mol. The maximum absolute atomic E-state index is 12.2. The molecule has 0 fully saturated rings. The van der Waals surface area contributed by atoms with Gasteiger partial charge in [-0.3, -0.25) is 4.79 Å². The summed E-state index contributed by atoms with van der Waals surface area (Å²) < 4.78 is 45.4. The van der Waals surface area contributed by atoms with Crippen molar-refractivity contribution in [3.05, 3.63) is 59.2 Å². The molecule has 0 aliphatic carbocycles. The van der Waals surface area contributed by atoms with Crippen LogP contribution in [0.1, 0.15) is 21.5 Å². The molecule has 2 aromatic carbocycles. The lowest BCUT2D eigenvalue weighted by molar-refractivity contribution is -0.274. The predicted octanol–water partition coefficient (Wildman–Crippen LogP) is 4.01. The van der Waals surface area contributed by atoms with Gasteiger partial charge in [0.25, 0.3) is 5.91 Å². The predicted molar refractivity (Wildman–Crippen MR) is 86.9 cm³/mol. The molecule has 0 unspecified atom stereocenters. The van der Waals surface area contributed by atoms with Gasteiger partial charge in [-0.15, -0.1) is 13.2 Å². The Morgan fingerprint density at radius 1 is 1.00 bits per heavy atom. The standard InChI is InChI=1S/C18H18F3NO3/c1-12-4-3-5-13(2)16(12)17(23)22-10-11-24-14-6-8-15(9-7-14)25-18(19,20)21/h3-9H,10-11H2,1-2H3,(H,22,23). The van der Waals surface area contributed by atoms with E-state index in [9.17, 15) is 18.0 Å². The Morgan fingerprint density at radius 3 is 2.12 bits per heavy atom. The van der Waals surface area contributed by atoms with Crippen molar-refractivity contribution in [1.82, 2.24) is 5.32 Å². The second kappa shape index (κ2) is 7.92. The summed E-state index contributed by atoms with van der Waals surface area (Å²) in [6.07, 6.45) is -4.72. The van der Waals surface area contributed by atoms with Gasteiger partial charge in [0, 0.05) is 5.56 Å². The number of carbonyl (C=O) groups is 1. The summed E-state index contributed by atoms with van der Waals surface area (Å²) in [5, 5.41) is 2.76. The third kappa shape index (κ3) is 5.70. The molecule has 1 N–H and O–H groups in total. The summed E-state index contributed by atoms with van der Waals surface area (Å²) in [7, 11) is 0. The number of rotatable bonds is 6. The molecule has 0 heterocycles. The first-order chi connectivity index (χ1) is 11.8. The maximum Gasteiger partial charge on any atom is 0.573 e. The molecule has 0 saturated heterocycles. The molecule has 0 radical (unpaired) electrons. The van der Waals surface area contributed by atoms with Gasteiger partial charge >= 0.3 is 6.36 Å². The van der Waals surface area contributed by atoms with Crippen molar-refractivity contribution in [3.8, 4) is 11.5 Å².